The van der Waals surface area contributed by atoms with Gasteiger partial charge in [-0.25, -0.2) is 4.79 Å². The molecule has 0 amide bonds. The van der Waals surface area contributed by atoms with Crippen LogP contribution in [-0.2, 0) is 0 Å². The van der Waals surface area contributed by atoms with Gasteiger partial charge in [-0.15, -0.1) is 11.3 Å². The molecular weight excluding hydrogens is 346 g/mol. The van der Waals surface area contributed by atoms with Crippen LogP contribution >= 0.6 is 11.3 Å². The number of carboxylic acids is 1. The molecule has 1 heterocycles. The zero-order valence-corrected chi connectivity index (χ0v) is 14.5. The highest BCUT2D eigenvalue weighted by Crippen LogP contribution is 2.31. The number of thiophene rings is 1. The first-order valence-corrected chi connectivity index (χ1v) is 8.89. The van der Waals surface area contributed by atoms with Crippen molar-refractivity contribution in [2.75, 3.05) is 5.32 Å². The van der Waals surface area contributed by atoms with Crippen LogP contribution in [0.2, 0.25) is 0 Å². The third-order valence-corrected chi connectivity index (χ3v) is 5.06. The number of hydrogen-bond acceptors (Lipinski definition) is 4. The van der Waals surface area contributed by atoms with Gasteiger partial charge in [0.15, 0.2) is 0 Å². The summed E-state index contributed by atoms with van der Waals surface area (Å²) in [4.78, 5) is 11.6. The van der Waals surface area contributed by atoms with E-state index in [1.165, 1.54) is 4.70 Å². The first-order chi connectivity index (χ1) is 12.6. The van der Waals surface area contributed by atoms with E-state index in [1.807, 2.05) is 35.7 Å². The van der Waals surface area contributed by atoms with Crippen LogP contribution in [0.5, 0.6) is 5.75 Å². The van der Waals surface area contributed by atoms with Crippen molar-refractivity contribution in [2.45, 2.75) is 0 Å². The number of aromatic hydroxyl groups is 1. The molecule has 26 heavy (non-hydrogen) atoms. The first-order valence-electron chi connectivity index (χ1n) is 8.01. The number of hydrogen-bond donors (Lipinski definition) is 3. The Morgan fingerprint density at radius 1 is 0.923 bits per heavy atom. The topological polar surface area (TPSA) is 69.6 Å². The van der Waals surface area contributed by atoms with E-state index in [4.69, 9.17) is 0 Å². The molecular formula is C21H15NO3S. The number of phenols is 1. The van der Waals surface area contributed by atoms with Crippen LogP contribution < -0.4 is 5.32 Å². The minimum absolute atomic E-state index is 0.169. The van der Waals surface area contributed by atoms with Gasteiger partial charge >= 0.3 is 5.97 Å². The van der Waals surface area contributed by atoms with Gasteiger partial charge in [-0.1, -0.05) is 18.2 Å². The summed E-state index contributed by atoms with van der Waals surface area (Å²) in [5.74, 6) is -0.825. The maximum Gasteiger partial charge on any atom is 0.337 e. The average Bonchev–Trinajstić information content (AvgIpc) is 3.09. The SMILES string of the molecule is O=C(O)c1ccc(-c2cccc(O)c2)cc1Nc1ccc2sccc2c1. The Morgan fingerprint density at radius 2 is 1.77 bits per heavy atom. The minimum Gasteiger partial charge on any atom is -0.508 e. The summed E-state index contributed by atoms with van der Waals surface area (Å²) in [7, 11) is 0. The van der Waals surface area contributed by atoms with E-state index >= 15 is 0 Å². The number of benzene rings is 3. The Balaban J connectivity index is 1.77. The number of rotatable bonds is 4. The summed E-state index contributed by atoms with van der Waals surface area (Å²) < 4.78 is 1.18. The minimum atomic E-state index is -0.994. The Bertz CT molecular complexity index is 1120. The fourth-order valence-electron chi connectivity index (χ4n) is 2.90. The van der Waals surface area contributed by atoms with E-state index in [2.05, 4.69) is 5.32 Å². The second-order valence-corrected chi connectivity index (χ2v) is 6.86. The molecule has 0 saturated carbocycles. The van der Waals surface area contributed by atoms with Gasteiger partial charge in [-0.05, 0) is 70.4 Å². The highest BCUT2D eigenvalue weighted by molar-refractivity contribution is 7.17. The lowest BCUT2D eigenvalue weighted by atomic mass is 10.0. The highest BCUT2D eigenvalue weighted by Gasteiger charge is 2.12. The van der Waals surface area contributed by atoms with Gasteiger partial charge in [0.25, 0.3) is 0 Å². The molecule has 0 unspecified atom stereocenters. The summed E-state index contributed by atoms with van der Waals surface area (Å²) >= 11 is 1.67. The van der Waals surface area contributed by atoms with Crippen LogP contribution in [0.25, 0.3) is 21.2 Å². The fraction of sp³-hybridized carbons (Fsp3) is 0. The van der Waals surface area contributed by atoms with Crippen molar-refractivity contribution in [1.82, 2.24) is 0 Å². The number of carbonyl (C=O) groups is 1. The number of nitrogens with one attached hydrogen (secondary N) is 1. The Morgan fingerprint density at radius 3 is 2.58 bits per heavy atom. The first kappa shape index (κ1) is 16.2. The van der Waals surface area contributed by atoms with E-state index in [-0.39, 0.29) is 11.3 Å². The van der Waals surface area contributed by atoms with E-state index in [9.17, 15) is 15.0 Å². The summed E-state index contributed by atoms with van der Waals surface area (Å²) in [6.07, 6.45) is 0. The quantitative estimate of drug-likeness (QED) is 0.435. The Kier molecular flexibility index (Phi) is 4.07. The van der Waals surface area contributed by atoms with Crippen molar-refractivity contribution in [2.24, 2.45) is 0 Å². The van der Waals surface area contributed by atoms with Gasteiger partial charge in [0.05, 0.1) is 11.3 Å². The molecule has 5 heteroatoms. The summed E-state index contributed by atoms with van der Waals surface area (Å²) in [5, 5.41) is 25.6. The van der Waals surface area contributed by atoms with E-state index in [0.29, 0.717) is 5.69 Å². The Labute approximate surface area is 154 Å². The zero-order chi connectivity index (χ0) is 18.1. The van der Waals surface area contributed by atoms with Crippen molar-refractivity contribution >= 4 is 38.8 Å². The van der Waals surface area contributed by atoms with Crippen LogP contribution in [-0.4, -0.2) is 16.2 Å². The lowest BCUT2D eigenvalue weighted by Gasteiger charge is -2.12. The van der Waals surface area contributed by atoms with E-state index < -0.39 is 5.97 Å². The number of anilines is 2. The standard InChI is InChI=1S/C21H15NO3S/c23-17-3-1-2-13(11-17)14-4-6-18(21(24)25)19(12-14)22-16-5-7-20-15(10-16)8-9-26-20/h1-12,22-23H,(H,24,25). The maximum atomic E-state index is 11.6. The Hall–Kier alpha value is -3.31. The molecule has 0 bridgehead atoms. The molecule has 0 spiro atoms. The van der Waals surface area contributed by atoms with Crippen LogP contribution in [0.3, 0.4) is 0 Å². The monoisotopic (exact) mass is 361 g/mol. The third-order valence-electron chi connectivity index (χ3n) is 4.16. The zero-order valence-electron chi connectivity index (χ0n) is 13.6. The molecule has 128 valence electrons. The lowest BCUT2D eigenvalue weighted by molar-refractivity contribution is 0.0698. The molecule has 0 atom stereocenters. The number of fused-ring (bicyclic) bond motifs is 1. The molecule has 0 saturated heterocycles. The molecule has 4 rings (SSSR count). The fourth-order valence-corrected chi connectivity index (χ4v) is 3.67. The van der Waals surface area contributed by atoms with Gasteiger partial charge < -0.3 is 15.5 Å². The largest absolute Gasteiger partial charge is 0.508 e. The molecule has 4 aromatic rings. The van der Waals surface area contributed by atoms with Crippen LogP contribution in [0.15, 0.2) is 72.1 Å². The van der Waals surface area contributed by atoms with Crippen molar-refractivity contribution in [1.29, 1.82) is 0 Å². The average molecular weight is 361 g/mol. The second kappa shape index (κ2) is 6.54. The predicted octanol–water partition coefficient (Wildman–Crippen LogP) is 5.72. The number of carboxylic acid groups (broad SMARTS) is 1. The van der Waals surface area contributed by atoms with Gasteiger partial charge in [0.2, 0.25) is 0 Å². The van der Waals surface area contributed by atoms with Crippen molar-refractivity contribution in [3.63, 3.8) is 0 Å². The maximum absolute atomic E-state index is 11.6. The lowest BCUT2D eigenvalue weighted by Crippen LogP contribution is -2.03. The molecule has 0 aliphatic carbocycles. The van der Waals surface area contributed by atoms with Gasteiger partial charge in [-0.2, -0.15) is 0 Å². The molecule has 3 aromatic carbocycles. The third kappa shape index (κ3) is 3.12. The normalized spacial score (nSPS) is 10.8. The molecule has 1 aromatic heterocycles. The number of aromatic carboxylic acids is 1. The van der Waals surface area contributed by atoms with Gasteiger partial charge in [0.1, 0.15) is 5.75 Å². The van der Waals surface area contributed by atoms with Gasteiger partial charge in [0, 0.05) is 10.4 Å². The molecule has 0 radical (unpaired) electrons. The van der Waals surface area contributed by atoms with Crippen molar-refractivity contribution in [3.8, 4) is 16.9 Å². The summed E-state index contributed by atoms with van der Waals surface area (Å²) in [6.45, 7) is 0. The molecule has 0 aliphatic rings. The predicted molar refractivity (Wildman–Crippen MR) is 106 cm³/mol. The van der Waals surface area contributed by atoms with E-state index in [0.717, 1.165) is 22.2 Å². The highest BCUT2D eigenvalue weighted by atomic mass is 32.1. The number of phenolic OH excluding ortho intramolecular Hbond substituents is 1. The van der Waals surface area contributed by atoms with Crippen molar-refractivity contribution < 1.29 is 15.0 Å². The summed E-state index contributed by atoms with van der Waals surface area (Å²) in [6, 6.07) is 20.0. The molecule has 0 aliphatic heterocycles. The van der Waals surface area contributed by atoms with Crippen molar-refractivity contribution in [3.05, 3.63) is 77.7 Å². The van der Waals surface area contributed by atoms with Crippen LogP contribution in [0, 0.1) is 0 Å². The van der Waals surface area contributed by atoms with Crippen LogP contribution in [0.1, 0.15) is 10.4 Å². The molecule has 0 fully saturated rings. The molecule has 4 nitrogen and oxygen atoms in total. The smallest absolute Gasteiger partial charge is 0.337 e. The van der Waals surface area contributed by atoms with E-state index in [1.54, 1.807) is 47.7 Å². The van der Waals surface area contributed by atoms with Gasteiger partial charge in [-0.3, -0.25) is 0 Å². The second-order valence-electron chi connectivity index (χ2n) is 5.91. The summed E-state index contributed by atoms with van der Waals surface area (Å²) in [5.41, 5.74) is 3.17. The van der Waals surface area contributed by atoms with Crippen LogP contribution in [0.4, 0.5) is 11.4 Å². The molecule has 3 N–H and O–H groups in total.